The molecule has 112 valence electrons. The van der Waals surface area contributed by atoms with Gasteiger partial charge in [-0.1, -0.05) is 0 Å². The van der Waals surface area contributed by atoms with Crippen molar-refractivity contribution in [3.8, 4) is 0 Å². The lowest BCUT2D eigenvalue weighted by molar-refractivity contribution is -0.137. The maximum Gasteiger partial charge on any atom is 0.416 e. The van der Waals surface area contributed by atoms with Crippen LogP contribution < -0.4 is 11.1 Å². The predicted molar refractivity (Wildman–Crippen MR) is 69.3 cm³/mol. The molecule has 0 bridgehead atoms. The molecule has 0 radical (unpaired) electrons. The van der Waals surface area contributed by atoms with Crippen LogP contribution in [0.25, 0.3) is 0 Å². The second-order valence-corrected chi connectivity index (χ2v) is 5.02. The molecule has 2 unspecified atom stereocenters. The number of halogens is 3. The summed E-state index contributed by atoms with van der Waals surface area (Å²) in [5.41, 5.74) is 4.14. The molecule has 0 spiro atoms. The lowest BCUT2D eigenvalue weighted by atomic mass is 9.96. The first-order valence-electron chi connectivity index (χ1n) is 6.27. The van der Waals surface area contributed by atoms with E-state index in [2.05, 4.69) is 5.32 Å². The van der Waals surface area contributed by atoms with Crippen molar-refractivity contribution in [2.24, 2.45) is 0 Å². The summed E-state index contributed by atoms with van der Waals surface area (Å²) in [5, 5.41) is 13.2. The number of hydrogen-bond acceptors (Lipinski definition) is 4. The lowest BCUT2D eigenvalue weighted by Crippen LogP contribution is -2.43. The summed E-state index contributed by atoms with van der Waals surface area (Å²) in [6.07, 6.45) is -4.27. The molecule has 0 aliphatic carbocycles. The van der Waals surface area contributed by atoms with Crippen molar-refractivity contribution < 1.29 is 23.0 Å². The van der Waals surface area contributed by atoms with Gasteiger partial charge in [-0.25, -0.2) is 0 Å². The standard InChI is InChI=1S/C13H17F3N2O2/c1-8-12(19,4-5-20-8)7-18-11-3-2-9(6-10(11)17)13(14,15)16/h2-3,6,8,18-19H,4-5,7,17H2,1H3. The van der Waals surface area contributed by atoms with Crippen molar-refractivity contribution in [1.29, 1.82) is 0 Å². The Bertz CT molecular complexity index is 493. The van der Waals surface area contributed by atoms with Crippen LogP contribution >= 0.6 is 0 Å². The third-order valence-corrected chi connectivity index (χ3v) is 3.62. The van der Waals surface area contributed by atoms with Crippen molar-refractivity contribution in [2.45, 2.75) is 31.2 Å². The van der Waals surface area contributed by atoms with Gasteiger partial charge in [-0.3, -0.25) is 0 Å². The molecule has 0 saturated carbocycles. The molecule has 0 amide bonds. The molecule has 7 heteroatoms. The van der Waals surface area contributed by atoms with E-state index in [1.807, 2.05) is 0 Å². The fourth-order valence-corrected chi connectivity index (χ4v) is 2.15. The van der Waals surface area contributed by atoms with Crippen molar-refractivity contribution in [2.75, 3.05) is 24.2 Å². The van der Waals surface area contributed by atoms with Gasteiger partial charge >= 0.3 is 6.18 Å². The summed E-state index contributed by atoms with van der Waals surface area (Å²) in [6, 6.07) is 3.10. The van der Waals surface area contributed by atoms with Crippen molar-refractivity contribution in [1.82, 2.24) is 0 Å². The Kier molecular flexibility index (Phi) is 3.84. The molecule has 1 aliphatic rings. The zero-order valence-corrected chi connectivity index (χ0v) is 11.0. The van der Waals surface area contributed by atoms with Crippen molar-refractivity contribution in [3.05, 3.63) is 23.8 Å². The Hall–Kier alpha value is -1.47. The first-order chi connectivity index (χ1) is 9.22. The summed E-state index contributed by atoms with van der Waals surface area (Å²) >= 11 is 0. The van der Waals surface area contributed by atoms with Crippen LogP contribution in [-0.4, -0.2) is 30.0 Å². The molecule has 1 heterocycles. The highest BCUT2D eigenvalue weighted by Gasteiger charge is 2.39. The molecule has 0 aromatic heterocycles. The molecule has 4 N–H and O–H groups in total. The zero-order chi connectivity index (χ0) is 15.0. The van der Waals surface area contributed by atoms with Gasteiger partial charge in [0.25, 0.3) is 0 Å². The summed E-state index contributed by atoms with van der Waals surface area (Å²) in [7, 11) is 0. The van der Waals surface area contributed by atoms with E-state index in [1.54, 1.807) is 6.92 Å². The largest absolute Gasteiger partial charge is 0.416 e. The second-order valence-electron chi connectivity index (χ2n) is 5.02. The van der Waals surface area contributed by atoms with Gasteiger partial charge < -0.3 is 20.9 Å². The normalized spacial score (nSPS) is 26.8. The smallest absolute Gasteiger partial charge is 0.397 e. The molecule has 4 nitrogen and oxygen atoms in total. The minimum atomic E-state index is -4.42. The third-order valence-electron chi connectivity index (χ3n) is 3.62. The van der Waals surface area contributed by atoms with E-state index in [0.717, 1.165) is 12.1 Å². The van der Waals surface area contributed by atoms with E-state index < -0.39 is 17.3 Å². The number of nitrogen functional groups attached to an aromatic ring is 1. The molecule has 1 fully saturated rings. The average molecular weight is 290 g/mol. The van der Waals surface area contributed by atoms with E-state index in [1.165, 1.54) is 6.07 Å². The lowest BCUT2D eigenvalue weighted by Gasteiger charge is -2.27. The SMILES string of the molecule is CC1OCCC1(O)CNc1ccc(C(F)(F)F)cc1N. The van der Waals surface area contributed by atoms with Crippen LogP contribution in [0.3, 0.4) is 0 Å². The van der Waals surface area contributed by atoms with Crippen LogP contribution in [0.2, 0.25) is 0 Å². The minimum absolute atomic E-state index is 0.00464. The molecule has 2 atom stereocenters. The van der Waals surface area contributed by atoms with Gasteiger partial charge in [0.1, 0.15) is 5.60 Å². The Balaban J connectivity index is 2.07. The molecule has 1 aromatic carbocycles. The average Bonchev–Trinajstić information content (AvgIpc) is 2.67. The van der Waals surface area contributed by atoms with Crippen LogP contribution in [0.5, 0.6) is 0 Å². The molecule has 2 rings (SSSR count). The minimum Gasteiger partial charge on any atom is -0.397 e. The van der Waals surface area contributed by atoms with Crippen LogP contribution in [0.15, 0.2) is 18.2 Å². The van der Waals surface area contributed by atoms with E-state index in [0.29, 0.717) is 18.7 Å². The zero-order valence-electron chi connectivity index (χ0n) is 11.0. The fourth-order valence-electron chi connectivity index (χ4n) is 2.15. The van der Waals surface area contributed by atoms with Gasteiger partial charge in [-0.2, -0.15) is 13.2 Å². The number of hydrogen-bond donors (Lipinski definition) is 3. The Morgan fingerprint density at radius 3 is 2.70 bits per heavy atom. The Morgan fingerprint density at radius 1 is 1.50 bits per heavy atom. The maximum atomic E-state index is 12.5. The number of rotatable bonds is 3. The van der Waals surface area contributed by atoms with E-state index in [4.69, 9.17) is 10.5 Å². The number of ether oxygens (including phenoxy) is 1. The highest BCUT2D eigenvalue weighted by Crippen LogP contribution is 2.33. The Labute approximate surface area is 114 Å². The summed E-state index contributed by atoms with van der Waals surface area (Å²) < 4.78 is 42.8. The van der Waals surface area contributed by atoms with Crippen LogP contribution in [0.1, 0.15) is 18.9 Å². The van der Waals surface area contributed by atoms with E-state index in [-0.39, 0.29) is 18.3 Å². The molecule has 1 aliphatic heterocycles. The van der Waals surface area contributed by atoms with Gasteiger partial charge in [0, 0.05) is 19.6 Å². The number of alkyl halides is 3. The first kappa shape index (κ1) is 14.9. The summed E-state index contributed by atoms with van der Waals surface area (Å²) in [5.74, 6) is 0. The van der Waals surface area contributed by atoms with Gasteiger partial charge in [-0.05, 0) is 25.1 Å². The van der Waals surface area contributed by atoms with E-state index >= 15 is 0 Å². The highest BCUT2D eigenvalue weighted by molar-refractivity contribution is 5.67. The number of benzene rings is 1. The maximum absolute atomic E-state index is 12.5. The molecular formula is C13H17F3N2O2. The van der Waals surface area contributed by atoms with Crippen molar-refractivity contribution in [3.63, 3.8) is 0 Å². The molecular weight excluding hydrogens is 273 g/mol. The highest BCUT2D eigenvalue weighted by atomic mass is 19.4. The number of anilines is 2. The number of aliphatic hydroxyl groups is 1. The van der Waals surface area contributed by atoms with E-state index in [9.17, 15) is 18.3 Å². The summed E-state index contributed by atoms with van der Waals surface area (Å²) in [6.45, 7) is 2.39. The summed E-state index contributed by atoms with van der Waals surface area (Å²) in [4.78, 5) is 0. The number of nitrogens with one attached hydrogen (secondary N) is 1. The monoisotopic (exact) mass is 290 g/mol. The second kappa shape index (κ2) is 5.14. The predicted octanol–water partition coefficient (Wildman–Crippen LogP) is 2.24. The molecule has 1 saturated heterocycles. The third kappa shape index (κ3) is 2.99. The number of nitrogens with two attached hydrogens (primary N) is 1. The van der Waals surface area contributed by atoms with Gasteiger partial charge in [0.15, 0.2) is 0 Å². The van der Waals surface area contributed by atoms with Crippen LogP contribution in [-0.2, 0) is 10.9 Å². The van der Waals surface area contributed by atoms with Gasteiger partial charge in [0.05, 0.1) is 23.0 Å². The molecule has 20 heavy (non-hydrogen) atoms. The first-order valence-corrected chi connectivity index (χ1v) is 6.27. The van der Waals surface area contributed by atoms with Gasteiger partial charge in [-0.15, -0.1) is 0 Å². The Morgan fingerprint density at radius 2 is 2.20 bits per heavy atom. The molecule has 1 aromatic rings. The fraction of sp³-hybridized carbons (Fsp3) is 0.538. The quantitative estimate of drug-likeness (QED) is 0.747. The van der Waals surface area contributed by atoms with Gasteiger partial charge in [0.2, 0.25) is 0 Å². The van der Waals surface area contributed by atoms with Crippen LogP contribution in [0, 0.1) is 0 Å². The van der Waals surface area contributed by atoms with Crippen LogP contribution in [0.4, 0.5) is 24.5 Å². The van der Waals surface area contributed by atoms with Crippen molar-refractivity contribution >= 4 is 11.4 Å². The topological polar surface area (TPSA) is 67.5 Å².